The number of hydrogen-bond acceptors (Lipinski definition) is 3. The Kier molecular flexibility index (Phi) is 5.03. The molecule has 0 heterocycles. The second-order valence-corrected chi connectivity index (χ2v) is 5.53. The van der Waals surface area contributed by atoms with Crippen LogP contribution in [0.1, 0.15) is 36.0 Å². The van der Waals surface area contributed by atoms with E-state index >= 15 is 0 Å². The standard InChI is InChI=1S/C14H18ClN3O3/c15-8-4-3-7-11(12(8)13(19)20)18-14(21)17-10-6-2-1-5-9(10)16/h3-4,7,9-10H,1-2,5-6,16H2,(H,19,20)(H2,17,18,21). The number of halogens is 1. The summed E-state index contributed by atoms with van der Waals surface area (Å²) in [4.78, 5) is 23.2. The second-order valence-electron chi connectivity index (χ2n) is 5.12. The lowest BCUT2D eigenvalue weighted by molar-refractivity contribution is 0.0698. The first-order valence-electron chi connectivity index (χ1n) is 6.84. The first-order valence-corrected chi connectivity index (χ1v) is 7.21. The molecule has 5 N–H and O–H groups in total. The maximum Gasteiger partial charge on any atom is 0.339 e. The van der Waals surface area contributed by atoms with E-state index < -0.39 is 12.0 Å². The lowest BCUT2D eigenvalue weighted by Gasteiger charge is -2.29. The monoisotopic (exact) mass is 311 g/mol. The summed E-state index contributed by atoms with van der Waals surface area (Å²) in [5.74, 6) is -1.19. The normalized spacial score (nSPS) is 21.6. The van der Waals surface area contributed by atoms with Crippen LogP contribution in [0, 0.1) is 0 Å². The van der Waals surface area contributed by atoms with Gasteiger partial charge in [0, 0.05) is 12.1 Å². The van der Waals surface area contributed by atoms with Crippen LogP contribution in [0.4, 0.5) is 10.5 Å². The SMILES string of the molecule is NC1CCCCC1NC(=O)Nc1cccc(Cl)c1C(=O)O. The minimum atomic E-state index is -1.19. The molecule has 1 aromatic carbocycles. The maximum absolute atomic E-state index is 12.0. The van der Waals surface area contributed by atoms with Crippen molar-refractivity contribution in [2.75, 3.05) is 5.32 Å². The molecule has 0 aliphatic heterocycles. The second kappa shape index (κ2) is 6.78. The van der Waals surface area contributed by atoms with Gasteiger partial charge in [-0.15, -0.1) is 0 Å². The van der Waals surface area contributed by atoms with Gasteiger partial charge in [0.15, 0.2) is 0 Å². The predicted molar refractivity (Wildman–Crippen MR) is 80.8 cm³/mol. The number of hydrogen-bond donors (Lipinski definition) is 4. The van der Waals surface area contributed by atoms with Gasteiger partial charge in [0.05, 0.1) is 10.7 Å². The number of carbonyl (C=O) groups is 2. The molecule has 1 aromatic rings. The largest absolute Gasteiger partial charge is 0.478 e. The van der Waals surface area contributed by atoms with Crippen LogP contribution < -0.4 is 16.4 Å². The third-order valence-corrected chi connectivity index (χ3v) is 3.93. The van der Waals surface area contributed by atoms with Gasteiger partial charge >= 0.3 is 12.0 Å². The molecule has 0 aromatic heterocycles. The van der Waals surface area contributed by atoms with Crippen LogP contribution in [0.2, 0.25) is 5.02 Å². The molecule has 2 amide bonds. The molecule has 2 rings (SSSR count). The van der Waals surface area contributed by atoms with Crippen LogP contribution in [0.15, 0.2) is 18.2 Å². The van der Waals surface area contributed by atoms with E-state index in [1.54, 1.807) is 6.07 Å². The Balaban J connectivity index is 2.06. The van der Waals surface area contributed by atoms with Crippen LogP contribution in [0.25, 0.3) is 0 Å². The van der Waals surface area contributed by atoms with E-state index in [1.165, 1.54) is 12.1 Å². The quantitative estimate of drug-likeness (QED) is 0.688. The fraction of sp³-hybridized carbons (Fsp3) is 0.429. The molecule has 0 bridgehead atoms. The first kappa shape index (κ1) is 15.6. The minimum Gasteiger partial charge on any atom is -0.478 e. The smallest absolute Gasteiger partial charge is 0.339 e. The lowest BCUT2D eigenvalue weighted by atomic mass is 9.91. The highest BCUT2D eigenvalue weighted by Gasteiger charge is 2.24. The molecule has 114 valence electrons. The number of benzene rings is 1. The average Bonchev–Trinajstić information content (AvgIpc) is 2.41. The van der Waals surface area contributed by atoms with Crippen LogP contribution in [-0.2, 0) is 0 Å². The van der Waals surface area contributed by atoms with Crippen molar-refractivity contribution >= 4 is 29.3 Å². The number of carbonyl (C=O) groups excluding carboxylic acids is 1. The van der Waals surface area contributed by atoms with E-state index in [2.05, 4.69) is 10.6 Å². The van der Waals surface area contributed by atoms with Crippen LogP contribution in [-0.4, -0.2) is 29.2 Å². The first-order chi connectivity index (χ1) is 9.99. The average molecular weight is 312 g/mol. The fourth-order valence-electron chi connectivity index (χ4n) is 2.51. The van der Waals surface area contributed by atoms with Gasteiger partial charge in [0.2, 0.25) is 0 Å². The summed E-state index contributed by atoms with van der Waals surface area (Å²) in [6.07, 6.45) is 3.80. The molecule has 7 heteroatoms. The summed E-state index contributed by atoms with van der Waals surface area (Å²) in [5, 5.41) is 14.5. The Hall–Kier alpha value is -1.79. The molecule has 2 unspecified atom stereocenters. The van der Waals surface area contributed by atoms with Gasteiger partial charge in [-0.2, -0.15) is 0 Å². The zero-order valence-corrected chi connectivity index (χ0v) is 12.2. The van der Waals surface area contributed by atoms with Crippen molar-refractivity contribution in [2.24, 2.45) is 5.73 Å². The van der Waals surface area contributed by atoms with Gasteiger partial charge in [-0.05, 0) is 25.0 Å². The summed E-state index contributed by atoms with van der Waals surface area (Å²) in [6, 6.07) is 3.91. The number of carboxylic acid groups (broad SMARTS) is 1. The summed E-state index contributed by atoms with van der Waals surface area (Å²) in [5.41, 5.74) is 6.01. The van der Waals surface area contributed by atoms with Crippen LogP contribution >= 0.6 is 11.6 Å². The van der Waals surface area contributed by atoms with Crippen molar-refractivity contribution in [2.45, 2.75) is 37.8 Å². The Morgan fingerprint density at radius 3 is 2.67 bits per heavy atom. The fourth-order valence-corrected chi connectivity index (χ4v) is 2.77. The van der Waals surface area contributed by atoms with Crippen LogP contribution in [0.3, 0.4) is 0 Å². The molecule has 2 atom stereocenters. The molecule has 1 saturated carbocycles. The molecule has 0 radical (unpaired) electrons. The van der Waals surface area contributed by atoms with E-state index in [0.29, 0.717) is 0 Å². The molecule has 1 aliphatic rings. The van der Waals surface area contributed by atoms with Gasteiger partial charge in [0.1, 0.15) is 5.56 Å². The number of anilines is 1. The number of carboxylic acids is 1. The maximum atomic E-state index is 12.0. The van der Waals surface area contributed by atoms with Crippen LogP contribution in [0.5, 0.6) is 0 Å². The van der Waals surface area contributed by atoms with E-state index in [0.717, 1.165) is 25.7 Å². The number of nitrogens with two attached hydrogens (primary N) is 1. The van der Waals surface area contributed by atoms with E-state index in [1.807, 2.05) is 0 Å². The van der Waals surface area contributed by atoms with Crippen molar-refractivity contribution in [1.29, 1.82) is 0 Å². The van der Waals surface area contributed by atoms with Gasteiger partial charge in [-0.25, -0.2) is 9.59 Å². The highest BCUT2D eigenvalue weighted by Crippen LogP contribution is 2.24. The number of amides is 2. The zero-order chi connectivity index (χ0) is 15.4. The molecule has 0 saturated heterocycles. The number of urea groups is 1. The van der Waals surface area contributed by atoms with Crippen molar-refractivity contribution < 1.29 is 14.7 Å². The van der Waals surface area contributed by atoms with Crippen molar-refractivity contribution in [3.63, 3.8) is 0 Å². The van der Waals surface area contributed by atoms with Gasteiger partial charge in [-0.3, -0.25) is 0 Å². The van der Waals surface area contributed by atoms with Gasteiger partial charge < -0.3 is 21.5 Å². The van der Waals surface area contributed by atoms with E-state index in [4.69, 9.17) is 22.4 Å². The number of nitrogens with one attached hydrogen (secondary N) is 2. The molecular weight excluding hydrogens is 294 g/mol. The van der Waals surface area contributed by atoms with Crippen molar-refractivity contribution in [3.05, 3.63) is 28.8 Å². The third kappa shape index (κ3) is 3.86. The highest BCUT2D eigenvalue weighted by molar-refractivity contribution is 6.34. The molecular formula is C14H18ClN3O3. The number of rotatable bonds is 3. The van der Waals surface area contributed by atoms with Gasteiger partial charge in [-0.1, -0.05) is 30.5 Å². The number of aromatic carboxylic acids is 1. The molecule has 0 spiro atoms. The third-order valence-electron chi connectivity index (χ3n) is 3.61. The topological polar surface area (TPSA) is 104 Å². The van der Waals surface area contributed by atoms with Crippen molar-refractivity contribution in [1.82, 2.24) is 5.32 Å². The zero-order valence-electron chi connectivity index (χ0n) is 11.4. The Morgan fingerprint density at radius 2 is 2.00 bits per heavy atom. The molecule has 1 aliphatic carbocycles. The lowest BCUT2D eigenvalue weighted by Crippen LogP contribution is -2.50. The molecule has 21 heavy (non-hydrogen) atoms. The Morgan fingerprint density at radius 1 is 1.29 bits per heavy atom. The van der Waals surface area contributed by atoms with E-state index in [-0.39, 0.29) is 28.4 Å². The Bertz CT molecular complexity index is 550. The Labute approximate surface area is 127 Å². The molecule has 6 nitrogen and oxygen atoms in total. The van der Waals surface area contributed by atoms with E-state index in [9.17, 15) is 9.59 Å². The highest BCUT2D eigenvalue weighted by atomic mass is 35.5. The summed E-state index contributed by atoms with van der Waals surface area (Å²) >= 11 is 5.85. The predicted octanol–water partition coefficient (Wildman–Crippen LogP) is 2.43. The van der Waals surface area contributed by atoms with Crippen molar-refractivity contribution in [3.8, 4) is 0 Å². The van der Waals surface area contributed by atoms with Gasteiger partial charge in [0.25, 0.3) is 0 Å². The molecule has 1 fully saturated rings. The summed E-state index contributed by atoms with van der Waals surface area (Å²) < 4.78 is 0. The minimum absolute atomic E-state index is 0.0668. The summed E-state index contributed by atoms with van der Waals surface area (Å²) in [7, 11) is 0. The summed E-state index contributed by atoms with van der Waals surface area (Å²) in [6.45, 7) is 0.